The van der Waals surface area contributed by atoms with E-state index in [4.69, 9.17) is 9.47 Å². The number of carbonyl (C=O) groups excluding carboxylic acids is 1. The zero-order valence-electron chi connectivity index (χ0n) is 11.7. The molecule has 0 aliphatic carbocycles. The van der Waals surface area contributed by atoms with Gasteiger partial charge >= 0.3 is 0 Å². The zero-order chi connectivity index (χ0) is 15.1. The molecule has 1 fully saturated rings. The van der Waals surface area contributed by atoms with Crippen LogP contribution in [-0.4, -0.2) is 39.4 Å². The van der Waals surface area contributed by atoms with Gasteiger partial charge in [-0.2, -0.15) is 0 Å². The van der Waals surface area contributed by atoms with Gasteiger partial charge in [-0.1, -0.05) is 18.2 Å². The number of para-hydroxylation sites is 1. The Morgan fingerprint density at radius 3 is 2.71 bits per heavy atom. The topological polar surface area (TPSA) is 81.7 Å². The molecule has 0 bridgehead atoms. The minimum atomic E-state index is -3.69. The molecule has 6 nitrogen and oxygen atoms in total. The van der Waals surface area contributed by atoms with Gasteiger partial charge in [0.05, 0.1) is 11.9 Å². The van der Waals surface area contributed by atoms with E-state index in [2.05, 4.69) is 0 Å². The fourth-order valence-corrected chi connectivity index (χ4v) is 3.34. The molecule has 1 amide bonds. The van der Waals surface area contributed by atoms with Crippen molar-refractivity contribution in [1.29, 1.82) is 0 Å². The minimum Gasteiger partial charge on any atom is -0.484 e. The first kappa shape index (κ1) is 15.8. The van der Waals surface area contributed by atoms with Crippen molar-refractivity contribution in [3.05, 3.63) is 30.3 Å². The fourth-order valence-electron chi connectivity index (χ4n) is 2.09. The van der Waals surface area contributed by atoms with Crippen LogP contribution < -0.4 is 9.46 Å². The summed E-state index contributed by atoms with van der Waals surface area (Å²) in [7, 11) is -3.69. The van der Waals surface area contributed by atoms with E-state index in [1.165, 1.54) is 0 Å². The maximum absolute atomic E-state index is 11.9. The van der Waals surface area contributed by atoms with Crippen LogP contribution in [0, 0.1) is 0 Å². The van der Waals surface area contributed by atoms with Gasteiger partial charge in [-0.25, -0.2) is 8.42 Å². The molecule has 1 unspecified atom stereocenters. The summed E-state index contributed by atoms with van der Waals surface area (Å²) in [5, 5.41) is 0. The van der Waals surface area contributed by atoms with Crippen molar-refractivity contribution in [3.63, 3.8) is 0 Å². The summed E-state index contributed by atoms with van der Waals surface area (Å²) in [6, 6.07) is 8.74. The lowest BCUT2D eigenvalue weighted by Crippen LogP contribution is -2.40. The minimum absolute atomic E-state index is 0.190. The number of hydrogen-bond donors (Lipinski definition) is 1. The standard InChI is InChI=1S/C14H19NO5S/c16-14(10-20-12-6-2-1-3-7-12)15-21(17,18)11-13-8-4-5-9-19-13/h1-3,6-7,13H,4-5,8-11H2,(H,15,16). The van der Waals surface area contributed by atoms with Gasteiger partial charge < -0.3 is 9.47 Å². The van der Waals surface area contributed by atoms with Gasteiger partial charge in [0.25, 0.3) is 5.91 Å². The average Bonchev–Trinajstić information content (AvgIpc) is 2.46. The monoisotopic (exact) mass is 313 g/mol. The third-order valence-electron chi connectivity index (χ3n) is 3.06. The SMILES string of the molecule is O=C(COc1ccccc1)NS(=O)(=O)CC1CCCCO1. The Labute approximate surface area is 124 Å². The van der Waals surface area contributed by atoms with Gasteiger partial charge in [0, 0.05) is 6.61 Å². The molecule has 1 atom stereocenters. The maximum Gasteiger partial charge on any atom is 0.271 e. The van der Waals surface area contributed by atoms with Crippen LogP contribution >= 0.6 is 0 Å². The molecule has 1 aromatic carbocycles. The van der Waals surface area contributed by atoms with Gasteiger partial charge in [-0.3, -0.25) is 9.52 Å². The number of rotatable bonds is 6. The van der Waals surface area contributed by atoms with E-state index in [9.17, 15) is 13.2 Å². The van der Waals surface area contributed by atoms with E-state index in [1.807, 2.05) is 10.8 Å². The van der Waals surface area contributed by atoms with Crippen molar-refractivity contribution >= 4 is 15.9 Å². The molecule has 0 spiro atoms. The molecule has 0 radical (unpaired) electrons. The summed E-state index contributed by atoms with van der Waals surface area (Å²) in [5.41, 5.74) is 0. The largest absolute Gasteiger partial charge is 0.484 e. The van der Waals surface area contributed by atoms with Crippen LogP contribution in [0.15, 0.2) is 30.3 Å². The molecule has 1 aliphatic heterocycles. The van der Waals surface area contributed by atoms with E-state index in [0.29, 0.717) is 18.8 Å². The number of amides is 1. The van der Waals surface area contributed by atoms with E-state index in [-0.39, 0.29) is 18.5 Å². The van der Waals surface area contributed by atoms with E-state index in [0.717, 1.165) is 12.8 Å². The van der Waals surface area contributed by atoms with Crippen LogP contribution in [0.4, 0.5) is 0 Å². The highest BCUT2D eigenvalue weighted by molar-refractivity contribution is 7.90. The van der Waals surface area contributed by atoms with Crippen molar-refractivity contribution in [2.24, 2.45) is 0 Å². The average molecular weight is 313 g/mol. The lowest BCUT2D eigenvalue weighted by Gasteiger charge is -2.22. The Bertz CT molecular complexity index is 552. The first-order chi connectivity index (χ1) is 10.1. The van der Waals surface area contributed by atoms with Crippen molar-refractivity contribution in [2.45, 2.75) is 25.4 Å². The third-order valence-corrected chi connectivity index (χ3v) is 4.41. The number of hydrogen-bond acceptors (Lipinski definition) is 5. The van der Waals surface area contributed by atoms with E-state index < -0.39 is 15.9 Å². The van der Waals surface area contributed by atoms with Crippen molar-refractivity contribution in [2.75, 3.05) is 19.0 Å². The lowest BCUT2D eigenvalue weighted by molar-refractivity contribution is -0.121. The summed E-state index contributed by atoms with van der Waals surface area (Å²) >= 11 is 0. The van der Waals surface area contributed by atoms with Crippen molar-refractivity contribution in [1.82, 2.24) is 4.72 Å². The van der Waals surface area contributed by atoms with Crippen LogP contribution in [-0.2, 0) is 19.6 Å². The summed E-state index contributed by atoms with van der Waals surface area (Å²) in [4.78, 5) is 11.6. The molecule has 1 saturated heterocycles. The Hall–Kier alpha value is -1.60. The second kappa shape index (κ2) is 7.42. The number of nitrogens with one attached hydrogen (secondary N) is 1. The second-order valence-electron chi connectivity index (χ2n) is 4.90. The first-order valence-electron chi connectivity index (χ1n) is 6.88. The highest BCUT2D eigenvalue weighted by Crippen LogP contribution is 2.14. The van der Waals surface area contributed by atoms with Crippen LogP contribution in [0.3, 0.4) is 0 Å². The molecule has 7 heteroatoms. The number of sulfonamides is 1. The molecule has 21 heavy (non-hydrogen) atoms. The lowest BCUT2D eigenvalue weighted by atomic mass is 10.1. The maximum atomic E-state index is 11.9. The number of carbonyl (C=O) groups is 1. The quantitative estimate of drug-likeness (QED) is 0.850. The Kier molecular flexibility index (Phi) is 5.58. The molecular weight excluding hydrogens is 294 g/mol. The highest BCUT2D eigenvalue weighted by Gasteiger charge is 2.23. The number of benzene rings is 1. The van der Waals surface area contributed by atoms with Gasteiger partial charge in [-0.15, -0.1) is 0 Å². The number of ether oxygens (including phenoxy) is 2. The van der Waals surface area contributed by atoms with Gasteiger partial charge in [0.15, 0.2) is 6.61 Å². The van der Waals surface area contributed by atoms with Gasteiger partial charge in [-0.05, 0) is 31.4 Å². The van der Waals surface area contributed by atoms with Crippen LogP contribution in [0.5, 0.6) is 5.75 Å². The van der Waals surface area contributed by atoms with E-state index in [1.54, 1.807) is 24.3 Å². The molecular formula is C14H19NO5S. The normalized spacial score (nSPS) is 19.0. The molecule has 116 valence electrons. The zero-order valence-corrected chi connectivity index (χ0v) is 12.5. The first-order valence-corrected chi connectivity index (χ1v) is 8.53. The fraction of sp³-hybridized carbons (Fsp3) is 0.500. The predicted octanol–water partition coefficient (Wildman–Crippen LogP) is 1.08. The van der Waals surface area contributed by atoms with Crippen molar-refractivity contribution < 1.29 is 22.7 Å². The Morgan fingerprint density at radius 1 is 1.29 bits per heavy atom. The molecule has 1 aliphatic rings. The van der Waals surface area contributed by atoms with Crippen molar-refractivity contribution in [3.8, 4) is 5.75 Å². The molecule has 2 rings (SSSR count). The summed E-state index contributed by atoms with van der Waals surface area (Å²) in [6.07, 6.45) is 2.27. The smallest absolute Gasteiger partial charge is 0.271 e. The highest BCUT2D eigenvalue weighted by atomic mass is 32.2. The molecule has 1 N–H and O–H groups in total. The Morgan fingerprint density at radius 2 is 2.05 bits per heavy atom. The van der Waals surface area contributed by atoms with E-state index >= 15 is 0 Å². The molecule has 1 heterocycles. The van der Waals surface area contributed by atoms with Gasteiger partial charge in [0.2, 0.25) is 10.0 Å². The molecule has 0 aromatic heterocycles. The molecule has 1 aromatic rings. The summed E-state index contributed by atoms with van der Waals surface area (Å²) in [5.74, 6) is -0.361. The predicted molar refractivity (Wildman–Crippen MR) is 77.5 cm³/mol. The van der Waals surface area contributed by atoms with Crippen LogP contribution in [0.2, 0.25) is 0 Å². The Balaban J connectivity index is 1.77. The summed E-state index contributed by atoms with van der Waals surface area (Å²) < 4.78 is 36.3. The third kappa shape index (κ3) is 5.73. The van der Waals surface area contributed by atoms with Crippen LogP contribution in [0.1, 0.15) is 19.3 Å². The summed E-state index contributed by atoms with van der Waals surface area (Å²) in [6.45, 7) is 0.236. The van der Waals surface area contributed by atoms with Crippen LogP contribution in [0.25, 0.3) is 0 Å². The van der Waals surface area contributed by atoms with Gasteiger partial charge in [0.1, 0.15) is 5.75 Å². The molecule has 0 saturated carbocycles. The second-order valence-corrected chi connectivity index (χ2v) is 6.66.